The third-order valence-electron chi connectivity index (χ3n) is 4.50. The van der Waals surface area contributed by atoms with Crippen molar-refractivity contribution in [1.82, 2.24) is 0 Å². The van der Waals surface area contributed by atoms with Gasteiger partial charge in [-0.05, 0) is 6.42 Å². The first-order chi connectivity index (χ1) is 12.0. The summed E-state index contributed by atoms with van der Waals surface area (Å²) in [5.41, 5.74) is 0. The number of nitrogens with zero attached hydrogens (tertiary/aromatic N) is 1. The molecule has 0 bridgehead atoms. The number of esters is 1. The smallest absolute Gasteiger partial charge is 0.361 e. The molecule has 0 unspecified atom stereocenters. The van der Waals surface area contributed by atoms with Gasteiger partial charge in [-0.3, -0.25) is 0 Å². The van der Waals surface area contributed by atoms with E-state index in [9.17, 15) is 4.79 Å². The van der Waals surface area contributed by atoms with Crippen molar-refractivity contribution in [3.05, 3.63) is 12.8 Å². The van der Waals surface area contributed by atoms with Crippen molar-refractivity contribution < 1.29 is 18.8 Å². The molecule has 0 amide bonds. The molecule has 0 N–H and O–H groups in total. The summed E-state index contributed by atoms with van der Waals surface area (Å²) in [6.45, 7) is 8.05. The summed E-state index contributed by atoms with van der Waals surface area (Å²) in [5, 5.41) is 0. The number of rotatable bonds is 18. The molecule has 0 rings (SSSR count). The van der Waals surface area contributed by atoms with Crippen molar-refractivity contribution >= 4 is 5.97 Å². The fraction of sp³-hybridized carbons (Fsp3) is 0.857. The molecular weight excluding hydrogens is 314 g/mol. The highest BCUT2D eigenvalue weighted by atomic mass is 16.5. The number of hydrogen-bond acceptors (Lipinski definition) is 3. The quantitative estimate of drug-likeness (QED) is 0.149. The topological polar surface area (TPSA) is 35.5 Å². The van der Waals surface area contributed by atoms with Crippen LogP contribution in [0.15, 0.2) is 12.8 Å². The van der Waals surface area contributed by atoms with Crippen molar-refractivity contribution in [3.63, 3.8) is 0 Å². The largest absolute Gasteiger partial charge is 0.496 e. The van der Waals surface area contributed by atoms with E-state index >= 15 is 0 Å². The normalized spacial score (nSPS) is 11.3. The molecule has 148 valence electrons. The lowest BCUT2D eigenvalue weighted by Gasteiger charge is -2.28. The fourth-order valence-electron chi connectivity index (χ4n) is 2.81. The zero-order valence-electron chi connectivity index (χ0n) is 17.1. The molecule has 0 fully saturated rings. The highest BCUT2D eigenvalue weighted by Gasteiger charge is 2.20. The second kappa shape index (κ2) is 16.4. The molecule has 0 aliphatic rings. The zero-order valence-corrected chi connectivity index (χ0v) is 17.1. The van der Waals surface area contributed by atoms with Crippen LogP contribution in [0.2, 0.25) is 0 Å². The van der Waals surface area contributed by atoms with Crippen molar-refractivity contribution in [1.29, 1.82) is 0 Å². The maximum absolute atomic E-state index is 11.9. The Bertz CT molecular complexity index is 329. The average Bonchev–Trinajstić information content (AvgIpc) is 2.55. The molecule has 0 aromatic carbocycles. The van der Waals surface area contributed by atoms with E-state index in [-0.39, 0.29) is 5.97 Å². The van der Waals surface area contributed by atoms with E-state index in [4.69, 9.17) is 9.47 Å². The van der Waals surface area contributed by atoms with Crippen LogP contribution in [0.25, 0.3) is 0 Å². The molecule has 0 heterocycles. The minimum atomic E-state index is -0.115. The van der Waals surface area contributed by atoms with Crippen LogP contribution in [0, 0.1) is 0 Å². The summed E-state index contributed by atoms with van der Waals surface area (Å²) in [6, 6.07) is 0. The highest BCUT2D eigenvalue weighted by Crippen LogP contribution is 2.11. The maximum Gasteiger partial charge on any atom is 0.361 e. The van der Waals surface area contributed by atoms with E-state index in [1.54, 1.807) is 0 Å². The number of ether oxygens (including phenoxy) is 2. The molecule has 4 heteroatoms. The minimum absolute atomic E-state index is 0.115. The van der Waals surface area contributed by atoms with Crippen LogP contribution in [0.5, 0.6) is 0 Å². The summed E-state index contributed by atoms with van der Waals surface area (Å²) in [5.74, 6) is -0.115. The van der Waals surface area contributed by atoms with Crippen molar-refractivity contribution in [3.8, 4) is 0 Å². The van der Waals surface area contributed by atoms with Gasteiger partial charge < -0.3 is 14.0 Å². The second-order valence-corrected chi connectivity index (χ2v) is 7.61. The number of hydrogen-bond donors (Lipinski definition) is 0. The van der Waals surface area contributed by atoms with Gasteiger partial charge in [0.1, 0.15) is 13.2 Å². The van der Waals surface area contributed by atoms with Crippen LogP contribution in [0.4, 0.5) is 0 Å². The zero-order chi connectivity index (χ0) is 18.8. The van der Waals surface area contributed by atoms with E-state index in [1.165, 1.54) is 64.0 Å². The average molecular weight is 357 g/mol. The van der Waals surface area contributed by atoms with Gasteiger partial charge in [0.2, 0.25) is 0 Å². The SMILES string of the molecule is C=COCC[N+](C)(C)CC(=O)OCCCCCCCCCCCCC. The van der Waals surface area contributed by atoms with Crippen LogP contribution in [0.3, 0.4) is 0 Å². The molecule has 0 aliphatic carbocycles. The van der Waals surface area contributed by atoms with Crippen LogP contribution in [-0.2, 0) is 14.3 Å². The Balaban J connectivity index is 3.41. The Morgan fingerprint density at radius 1 is 0.880 bits per heavy atom. The molecule has 0 radical (unpaired) electrons. The standard InChI is InChI=1S/C21H42NO3/c1-5-7-8-9-10-11-12-13-14-15-16-18-25-21(23)20-22(3,4)17-19-24-6-2/h6H,2,5,7-20H2,1,3-4H3/q+1. The Morgan fingerprint density at radius 2 is 1.40 bits per heavy atom. The Kier molecular flexibility index (Phi) is 15.8. The molecule has 0 atom stereocenters. The van der Waals surface area contributed by atoms with Gasteiger partial charge in [0.15, 0.2) is 6.54 Å². The molecule has 25 heavy (non-hydrogen) atoms. The van der Waals surface area contributed by atoms with E-state index in [2.05, 4.69) is 13.5 Å². The predicted octanol–water partition coefficient (Wildman–Crippen LogP) is 5.08. The van der Waals surface area contributed by atoms with E-state index in [0.717, 1.165) is 19.4 Å². The molecule has 0 saturated heterocycles. The van der Waals surface area contributed by atoms with E-state index < -0.39 is 0 Å². The molecule has 0 aliphatic heterocycles. The highest BCUT2D eigenvalue weighted by molar-refractivity contribution is 5.70. The van der Waals surface area contributed by atoms with Gasteiger partial charge in [0, 0.05) is 0 Å². The van der Waals surface area contributed by atoms with Crippen LogP contribution in [-0.4, -0.2) is 50.9 Å². The van der Waals surface area contributed by atoms with Crippen LogP contribution >= 0.6 is 0 Å². The van der Waals surface area contributed by atoms with Crippen molar-refractivity contribution in [2.24, 2.45) is 0 Å². The Hall–Kier alpha value is -1.03. The lowest BCUT2D eigenvalue weighted by atomic mass is 10.1. The first-order valence-corrected chi connectivity index (χ1v) is 10.2. The van der Waals surface area contributed by atoms with Gasteiger partial charge in [0.25, 0.3) is 0 Å². The lowest BCUT2D eigenvalue weighted by molar-refractivity contribution is -0.883. The van der Waals surface area contributed by atoms with E-state index in [1.807, 2.05) is 14.1 Å². The molecule has 0 spiro atoms. The number of carbonyl (C=O) groups is 1. The molecule has 0 saturated carbocycles. The van der Waals surface area contributed by atoms with E-state index in [0.29, 0.717) is 24.2 Å². The van der Waals surface area contributed by atoms with Crippen LogP contribution < -0.4 is 0 Å². The van der Waals surface area contributed by atoms with Gasteiger partial charge in [-0.15, -0.1) is 0 Å². The van der Waals surface area contributed by atoms with Gasteiger partial charge in [-0.1, -0.05) is 77.7 Å². The van der Waals surface area contributed by atoms with Gasteiger partial charge in [-0.25, -0.2) is 4.79 Å². The molecule has 4 nitrogen and oxygen atoms in total. The molecular formula is C21H42NO3+. The number of unbranched alkanes of at least 4 members (excludes halogenated alkanes) is 10. The number of quaternary nitrogens is 1. The maximum atomic E-state index is 11.9. The van der Waals surface area contributed by atoms with Gasteiger partial charge >= 0.3 is 5.97 Å². The first-order valence-electron chi connectivity index (χ1n) is 10.2. The summed E-state index contributed by atoms with van der Waals surface area (Å²) >= 11 is 0. The van der Waals surface area contributed by atoms with Crippen LogP contribution in [0.1, 0.15) is 77.6 Å². The van der Waals surface area contributed by atoms with Crippen molar-refractivity contribution in [2.45, 2.75) is 77.6 Å². The molecule has 0 aromatic heterocycles. The Labute approximate surface area is 156 Å². The summed E-state index contributed by atoms with van der Waals surface area (Å²) < 4.78 is 11.1. The lowest BCUT2D eigenvalue weighted by Crippen LogP contribution is -2.46. The number of carbonyl (C=O) groups excluding carboxylic acids is 1. The fourth-order valence-corrected chi connectivity index (χ4v) is 2.81. The second-order valence-electron chi connectivity index (χ2n) is 7.61. The third kappa shape index (κ3) is 17.6. The summed E-state index contributed by atoms with van der Waals surface area (Å²) in [7, 11) is 4.02. The third-order valence-corrected chi connectivity index (χ3v) is 4.50. The minimum Gasteiger partial charge on any atom is -0.496 e. The Morgan fingerprint density at radius 3 is 1.92 bits per heavy atom. The molecule has 0 aromatic rings. The monoisotopic (exact) mass is 356 g/mol. The van der Waals surface area contributed by atoms with Gasteiger partial charge in [0.05, 0.1) is 27.0 Å². The predicted molar refractivity (Wildman–Crippen MR) is 105 cm³/mol. The summed E-state index contributed by atoms with van der Waals surface area (Å²) in [4.78, 5) is 11.9. The summed E-state index contributed by atoms with van der Waals surface area (Å²) in [6.07, 6.45) is 15.8. The first kappa shape index (κ1) is 24.0. The van der Waals surface area contributed by atoms with Gasteiger partial charge in [-0.2, -0.15) is 0 Å². The van der Waals surface area contributed by atoms with Crippen molar-refractivity contribution in [2.75, 3.05) is 40.4 Å². The number of likely N-dealkylation sites (N-methyl/N-ethyl adjacent to an activating group) is 1.